The molecule has 6 heteroatoms. The van der Waals surface area contributed by atoms with Crippen LogP contribution in [0.1, 0.15) is 26.5 Å². The van der Waals surface area contributed by atoms with E-state index in [2.05, 4.69) is 36.2 Å². The average molecular weight is 288 g/mol. The van der Waals surface area contributed by atoms with Crippen molar-refractivity contribution in [3.8, 4) is 22.9 Å². The first kappa shape index (κ1) is 15.1. The Morgan fingerprint density at radius 3 is 2.48 bits per heavy atom. The smallest absolute Gasteiger partial charge is 0.161 e. The van der Waals surface area contributed by atoms with E-state index >= 15 is 0 Å². The molecule has 0 atom stereocenters. The van der Waals surface area contributed by atoms with Gasteiger partial charge in [0.05, 0.1) is 12.8 Å². The molecule has 6 nitrogen and oxygen atoms in total. The Morgan fingerprint density at radius 2 is 1.90 bits per heavy atom. The van der Waals surface area contributed by atoms with Crippen LogP contribution in [-0.4, -0.2) is 22.2 Å². The highest BCUT2D eigenvalue weighted by molar-refractivity contribution is 5.62. The number of methoxy groups -OCH3 is 1. The van der Waals surface area contributed by atoms with Gasteiger partial charge >= 0.3 is 0 Å². The Labute approximate surface area is 124 Å². The number of nitrogens with one attached hydrogen (secondary N) is 1. The van der Waals surface area contributed by atoms with Crippen LogP contribution in [0.15, 0.2) is 24.3 Å². The van der Waals surface area contributed by atoms with Gasteiger partial charge in [0, 0.05) is 17.0 Å². The van der Waals surface area contributed by atoms with Gasteiger partial charge in [-0.15, -0.1) is 0 Å². The monoisotopic (exact) mass is 288 g/mol. The van der Waals surface area contributed by atoms with Gasteiger partial charge in [-0.25, -0.2) is 15.8 Å². The number of nitrogens with two attached hydrogens (primary N) is 1. The second-order valence-corrected chi connectivity index (χ2v) is 5.74. The highest BCUT2D eigenvalue weighted by Crippen LogP contribution is 2.31. The molecule has 0 spiro atoms. The zero-order chi connectivity index (χ0) is 15.6. The van der Waals surface area contributed by atoms with Crippen LogP contribution in [0.3, 0.4) is 0 Å². The first-order valence-electron chi connectivity index (χ1n) is 6.58. The lowest BCUT2D eigenvalue weighted by molar-refractivity contribution is 0.373. The van der Waals surface area contributed by atoms with E-state index in [1.807, 2.05) is 6.07 Å². The summed E-state index contributed by atoms with van der Waals surface area (Å²) in [5.74, 6) is 6.99. The second kappa shape index (κ2) is 5.57. The Hall–Kier alpha value is -2.34. The molecule has 112 valence electrons. The number of hydrazine groups is 1. The lowest BCUT2D eigenvalue weighted by Crippen LogP contribution is -2.17. The van der Waals surface area contributed by atoms with E-state index in [4.69, 9.17) is 10.6 Å². The van der Waals surface area contributed by atoms with E-state index in [0.29, 0.717) is 17.4 Å². The Morgan fingerprint density at radius 1 is 1.19 bits per heavy atom. The van der Waals surface area contributed by atoms with E-state index in [1.54, 1.807) is 18.2 Å². The molecule has 2 aromatic rings. The number of ether oxygens (including phenoxy) is 1. The van der Waals surface area contributed by atoms with Gasteiger partial charge in [-0.1, -0.05) is 20.8 Å². The molecule has 4 N–H and O–H groups in total. The van der Waals surface area contributed by atoms with Crippen molar-refractivity contribution in [1.29, 1.82) is 0 Å². The molecule has 0 unspecified atom stereocenters. The molecule has 2 rings (SSSR count). The summed E-state index contributed by atoms with van der Waals surface area (Å²) < 4.78 is 5.12. The predicted molar refractivity (Wildman–Crippen MR) is 82.2 cm³/mol. The summed E-state index contributed by atoms with van der Waals surface area (Å²) >= 11 is 0. The van der Waals surface area contributed by atoms with E-state index in [1.165, 1.54) is 7.11 Å². The third-order valence-electron chi connectivity index (χ3n) is 3.08. The molecule has 0 amide bonds. The standard InChI is InChI=1S/C15H20N4O2/c1-15(2,3)12-8-13(19-16)18-14(17-12)9-5-6-10(20)11(7-9)21-4/h5-8,20H,16H2,1-4H3,(H,17,18,19). The zero-order valence-electron chi connectivity index (χ0n) is 12.6. The molecule has 0 radical (unpaired) electrons. The largest absolute Gasteiger partial charge is 0.504 e. The van der Waals surface area contributed by atoms with Crippen molar-refractivity contribution in [2.24, 2.45) is 5.84 Å². The minimum absolute atomic E-state index is 0.0744. The van der Waals surface area contributed by atoms with Crippen molar-refractivity contribution in [1.82, 2.24) is 9.97 Å². The normalized spacial score (nSPS) is 11.3. The van der Waals surface area contributed by atoms with Crippen LogP contribution < -0.4 is 16.0 Å². The summed E-state index contributed by atoms with van der Waals surface area (Å²) in [5, 5.41) is 9.67. The molecule has 0 saturated heterocycles. The van der Waals surface area contributed by atoms with Crippen molar-refractivity contribution in [2.75, 3.05) is 12.5 Å². The van der Waals surface area contributed by atoms with Crippen LogP contribution >= 0.6 is 0 Å². The number of aromatic hydroxyl groups is 1. The van der Waals surface area contributed by atoms with E-state index in [0.717, 1.165) is 11.3 Å². The second-order valence-electron chi connectivity index (χ2n) is 5.74. The van der Waals surface area contributed by atoms with Crippen molar-refractivity contribution in [2.45, 2.75) is 26.2 Å². The van der Waals surface area contributed by atoms with E-state index < -0.39 is 0 Å². The van der Waals surface area contributed by atoms with E-state index in [-0.39, 0.29) is 11.2 Å². The van der Waals surface area contributed by atoms with Crippen LogP contribution in [0.4, 0.5) is 5.82 Å². The topological polar surface area (TPSA) is 93.3 Å². The fraction of sp³-hybridized carbons (Fsp3) is 0.333. The molecule has 21 heavy (non-hydrogen) atoms. The number of hydrogen-bond donors (Lipinski definition) is 3. The summed E-state index contributed by atoms with van der Waals surface area (Å²) in [7, 11) is 1.50. The van der Waals surface area contributed by atoms with Gasteiger partial charge in [0.1, 0.15) is 5.82 Å². The molecule has 0 fully saturated rings. The molecule has 0 saturated carbocycles. The number of aromatic nitrogens is 2. The molecule has 0 aliphatic rings. The number of anilines is 1. The Bertz CT molecular complexity index is 651. The molecule has 1 aromatic heterocycles. The maximum atomic E-state index is 9.67. The first-order valence-corrected chi connectivity index (χ1v) is 6.58. The first-order chi connectivity index (χ1) is 9.85. The van der Waals surface area contributed by atoms with Gasteiger partial charge < -0.3 is 15.3 Å². The molecule has 0 bridgehead atoms. The van der Waals surface area contributed by atoms with Crippen molar-refractivity contribution in [3.63, 3.8) is 0 Å². The third-order valence-corrected chi connectivity index (χ3v) is 3.08. The molecule has 1 aromatic carbocycles. The number of nitrogen functional groups attached to an aromatic ring is 1. The van der Waals surface area contributed by atoms with Gasteiger partial charge in [0.15, 0.2) is 17.3 Å². The number of hydrogen-bond acceptors (Lipinski definition) is 6. The minimum Gasteiger partial charge on any atom is -0.504 e. The maximum absolute atomic E-state index is 9.67. The summed E-state index contributed by atoms with van der Waals surface area (Å²) in [4.78, 5) is 8.94. The van der Waals surface area contributed by atoms with Crippen molar-refractivity contribution in [3.05, 3.63) is 30.0 Å². The number of benzene rings is 1. The molecular formula is C15H20N4O2. The van der Waals surface area contributed by atoms with Crippen LogP contribution in [0.25, 0.3) is 11.4 Å². The predicted octanol–water partition coefficient (Wildman–Crippen LogP) is 2.44. The quantitative estimate of drug-likeness (QED) is 0.593. The van der Waals surface area contributed by atoms with Crippen molar-refractivity contribution < 1.29 is 9.84 Å². The van der Waals surface area contributed by atoms with Crippen LogP contribution in [0, 0.1) is 0 Å². The fourth-order valence-corrected chi connectivity index (χ4v) is 1.85. The van der Waals surface area contributed by atoms with Crippen LogP contribution in [-0.2, 0) is 5.41 Å². The Kier molecular flexibility index (Phi) is 3.99. The number of phenolic OH excluding ortho intramolecular Hbond substituents is 1. The lowest BCUT2D eigenvalue weighted by Gasteiger charge is -2.19. The van der Waals surface area contributed by atoms with Gasteiger partial charge in [-0.3, -0.25) is 0 Å². The Balaban J connectivity index is 2.58. The third kappa shape index (κ3) is 3.22. The maximum Gasteiger partial charge on any atom is 0.161 e. The number of nitrogens with zero attached hydrogens (tertiary/aromatic N) is 2. The van der Waals surface area contributed by atoms with Gasteiger partial charge in [-0.05, 0) is 18.2 Å². The highest BCUT2D eigenvalue weighted by Gasteiger charge is 2.19. The number of rotatable bonds is 3. The average Bonchev–Trinajstić information content (AvgIpc) is 2.46. The molecule has 0 aliphatic carbocycles. The SMILES string of the molecule is COc1cc(-c2nc(NN)cc(C(C)(C)C)n2)ccc1O. The summed E-state index contributed by atoms with van der Waals surface area (Å²) in [6.45, 7) is 6.20. The minimum atomic E-state index is -0.135. The molecule has 0 aliphatic heterocycles. The lowest BCUT2D eigenvalue weighted by atomic mass is 9.92. The molecule has 1 heterocycles. The zero-order valence-corrected chi connectivity index (χ0v) is 12.6. The summed E-state index contributed by atoms with van der Waals surface area (Å²) in [6, 6.07) is 6.80. The van der Waals surface area contributed by atoms with Gasteiger partial charge in [0.25, 0.3) is 0 Å². The van der Waals surface area contributed by atoms with Crippen LogP contribution in [0.2, 0.25) is 0 Å². The van der Waals surface area contributed by atoms with E-state index in [9.17, 15) is 5.11 Å². The van der Waals surface area contributed by atoms with Gasteiger partial charge in [0.2, 0.25) is 0 Å². The molecular weight excluding hydrogens is 268 g/mol. The van der Waals surface area contributed by atoms with Crippen molar-refractivity contribution >= 4 is 5.82 Å². The fourth-order valence-electron chi connectivity index (χ4n) is 1.85. The summed E-state index contributed by atoms with van der Waals surface area (Å²) in [6.07, 6.45) is 0. The van der Waals surface area contributed by atoms with Crippen LogP contribution in [0.5, 0.6) is 11.5 Å². The number of phenols is 1. The summed E-state index contributed by atoms with van der Waals surface area (Å²) in [5.41, 5.74) is 4.03. The van der Waals surface area contributed by atoms with Gasteiger partial charge in [-0.2, -0.15) is 0 Å². The highest BCUT2D eigenvalue weighted by atomic mass is 16.5.